The molecule has 1 atom stereocenters. The summed E-state index contributed by atoms with van der Waals surface area (Å²) in [6, 6.07) is 15.2. The number of carbonyl (C=O) groups excluding carboxylic acids is 2. The van der Waals surface area contributed by atoms with Crippen molar-refractivity contribution in [3.63, 3.8) is 0 Å². The molecule has 0 aliphatic carbocycles. The van der Waals surface area contributed by atoms with Gasteiger partial charge in [-0.15, -0.1) is 0 Å². The Balaban J connectivity index is 2.00. The van der Waals surface area contributed by atoms with Gasteiger partial charge in [0, 0.05) is 28.9 Å². The molecule has 37 heavy (non-hydrogen) atoms. The lowest BCUT2D eigenvalue weighted by atomic mass is 9.92. The zero-order chi connectivity index (χ0) is 27.1. The monoisotopic (exact) mass is 502 g/mol. The number of aliphatic hydroxyl groups is 2. The number of hydrogen-bond acceptors (Lipinski definition) is 6. The standard InChI is InChI=1S/C27H26N4O6/c1-2-15-3-9-20(22(11-15)26(35)31-18-7-4-16(5-8-18)24(28)29)21-10-6-17(12-23(21)27(36)37)25(34)30-13-19(33)14-32/h2-12,19,32-33H,1,13-14H2,(H3,28,29)(H,30,34)(H,31,35)(H,36,37). The third kappa shape index (κ3) is 6.45. The van der Waals surface area contributed by atoms with Crippen LogP contribution in [0.3, 0.4) is 0 Å². The summed E-state index contributed by atoms with van der Waals surface area (Å²) in [4.78, 5) is 37.8. The van der Waals surface area contributed by atoms with E-state index in [1.165, 1.54) is 18.2 Å². The molecule has 0 bridgehead atoms. The summed E-state index contributed by atoms with van der Waals surface area (Å²) in [6.45, 7) is 2.98. The first kappa shape index (κ1) is 26.8. The second-order valence-corrected chi connectivity index (χ2v) is 8.07. The van der Waals surface area contributed by atoms with Gasteiger partial charge in [0.2, 0.25) is 0 Å². The molecule has 0 aromatic heterocycles. The normalized spacial score (nSPS) is 11.3. The van der Waals surface area contributed by atoms with Crippen molar-refractivity contribution in [3.8, 4) is 11.1 Å². The molecule has 0 spiro atoms. The lowest BCUT2D eigenvalue weighted by Gasteiger charge is -2.15. The van der Waals surface area contributed by atoms with Crippen LogP contribution in [0.15, 0.2) is 67.2 Å². The molecule has 10 nitrogen and oxygen atoms in total. The molecule has 3 aromatic rings. The number of nitrogen functional groups attached to an aromatic ring is 1. The minimum absolute atomic E-state index is 0.0329. The van der Waals surface area contributed by atoms with E-state index < -0.39 is 30.5 Å². The predicted molar refractivity (Wildman–Crippen MR) is 140 cm³/mol. The Hall–Kier alpha value is -4.80. The Bertz CT molecular complexity index is 1370. The van der Waals surface area contributed by atoms with Crippen LogP contribution >= 0.6 is 0 Å². The molecule has 190 valence electrons. The van der Waals surface area contributed by atoms with Crippen LogP contribution in [0.5, 0.6) is 0 Å². The highest BCUT2D eigenvalue weighted by Crippen LogP contribution is 2.30. The number of hydrogen-bond donors (Lipinski definition) is 7. The Morgan fingerprint density at radius 3 is 2.16 bits per heavy atom. The lowest BCUT2D eigenvalue weighted by Crippen LogP contribution is -2.34. The smallest absolute Gasteiger partial charge is 0.336 e. The summed E-state index contributed by atoms with van der Waals surface area (Å²) in [6.07, 6.45) is 0.402. The molecule has 0 radical (unpaired) electrons. The van der Waals surface area contributed by atoms with Crippen LogP contribution in [0.4, 0.5) is 5.69 Å². The van der Waals surface area contributed by atoms with E-state index in [0.29, 0.717) is 22.4 Å². The number of nitrogens with one attached hydrogen (secondary N) is 3. The average molecular weight is 503 g/mol. The van der Waals surface area contributed by atoms with E-state index in [4.69, 9.17) is 16.2 Å². The van der Waals surface area contributed by atoms with Gasteiger partial charge in [0.25, 0.3) is 11.8 Å². The van der Waals surface area contributed by atoms with Crippen LogP contribution in [-0.4, -0.2) is 58.2 Å². The highest BCUT2D eigenvalue weighted by Gasteiger charge is 2.21. The SMILES string of the molecule is C=Cc1ccc(-c2ccc(C(=O)NCC(O)CO)cc2C(=O)O)c(C(=O)Nc2ccc(C(=N)N)cc2)c1. The fraction of sp³-hybridized carbons (Fsp3) is 0.111. The minimum atomic E-state index is -1.31. The van der Waals surface area contributed by atoms with Crippen LogP contribution in [0.1, 0.15) is 42.2 Å². The van der Waals surface area contributed by atoms with E-state index in [0.717, 1.165) is 0 Å². The maximum absolute atomic E-state index is 13.3. The van der Waals surface area contributed by atoms with Crippen molar-refractivity contribution >= 4 is 35.4 Å². The van der Waals surface area contributed by atoms with Crippen molar-refractivity contribution in [3.05, 3.63) is 95.1 Å². The third-order valence-corrected chi connectivity index (χ3v) is 5.49. The fourth-order valence-corrected chi connectivity index (χ4v) is 3.52. The molecular formula is C27H26N4O6. The summed E-state index contributed by atoms with van der Waals surface area (Å²) in [5, 5.41) is 40.9. The van der Waals surface area contributed by atoms with E-state index in [1.807, 2.05) is 0 Å². The molecule has 10 heteroatoms. The summed E-state index contributed by atoms with van der Waals surface area (Å²) in [5.74, 6) is -2.55. The number of amides is 2. The maximum atomic E-state index is 13.3. The number of rotatable bonds is 10. The molecule has 0 fully saturated rings. The van der Waals surface area contributed by atoms with Crippen molar-refractivity contribution in [1.82, 2.24) is 5.32 Å². The maximum Gasteiger partial charge on any atom is 0.336 e. The molecule has 0 heterocycles. The van der Waals surface area contributed by atoms with Gasteiger partial charge in [-0.1, -0.05) is 30.9 Å². The molecule has 0 aliphatic heterocycles. The molecule has 0 saturated carbocycles. The van der Waals surface area contributed by atoms with Gasteiger partial charge in [-0.2, -0.15) is 0 Å². The Kier molecular flexibility index (Phi) is 8.51. The molecule has 8 N–H and O–H groups in total. The lowest BCUT2D eigenvalue weighted by molar-refractivity contribution is 0.0697. The third-order valence-electron chi connectivity index (χ3n) is 5.49. The van der Waals surface area contributed by atoms with Gasteiger partial charge in [0.05, 0.1) is 18.3 Å². The number of aromatic carboxylic acids is 1. The van der Waals surface area contributed by atoms with E-state index in [2.05, 4.69) is 17.2 Å². The number of carboxylic acids is 1. The highest BCUT2D eigenvalue weighted by molar-refractivity contribution is 6.11. The van der Waals surface area contributed by atoms with Crippen molar-refractivity contribution < 1.29 is 29.7 Å². The fourth-order valence-electron chi connectivity index (χ4n) is 3.52. The Labute approximate surface area is 212 Å². The zero-order valence-electron chi connectivity index (χ0n) is 19.7. The van der Waals surface area contributed by atoms with Gasteiger partial charge in [-0.3, -0.25) is 15.0 Å². The van der Waals surface area contributed by atoms with Gasteiger partial charge < -0.3 is 31.7 Å². The number of aliphatic hydroxyl groups excluding tert-OH is 2. The quantitative estimate of drug-likeness (QED) is 0.164. The van der Waals surface area contributed by atoms with Crippen molar-refractivity contribution in [2.75, 3.05) is 18.5 Å². The number of benzene rings is 3. The van der Waals surface area contributed by atoms with Crippen LogP contribution in [-0.2, 0) is 0 Å². The van der Waals surface area contributed by atoms with Crippen molar-refractivity contribution in [2.45, 2.75) is 6.10 Å². The molecule has 0 aliphatic rings. The predicted octanol–water partition coefficient (Wildman–Crippen LogP) is 2.31. The first-order valence-electron chi connectivity index (χ1n) is 11.1. The molecule has 1 unspecified atom stereocenters. The number of carboxylic acid groups (broad SMARTS) is 1. The molecule has 3 rings (SSSR count). The van der Waals surface area contributed by atoms with Crippen molar-refractivity contribution in [1.29, 1.82) is 5.41 Å². The van der Waals surface area contributed by atoms with Crippen LogP contribution in [0, 0.1) is 5.41 Å². The van der Waals surface area contributed by atoms with E-state index in [-0.39, 0.29) is 34.6 Å². The summed E-state index contributed by atoms with van der Waals surface area (Å²) < 4.78 is 0. The summed E-state index contributed by atoms with van der Waals surface area (Å²) >= 11 is 0. The Morgan fingerprint density at radius 1 is 0.946 bits per heavy atom. The first-order valence-corrected chi connectivity index (χ1v) is 11.1. The van der Waals surface area contributed by atoms with Crippen LogP contribution in [0.25, 0.3) is 17.2 Å². The second-order valence-electron chi connectivity index (χ2n) is 8.07. The van der Waals surface area contributed by atoms with Gasteiger partial charge in [0.15, 0.2) is 0 Å². The van der Waals surface area contributed by atoms with E-state index in [9.17, 15) is 24.6 Å². The molecular weight excluding hydrogens is 476 g/mol. The van der Waals surface area contributed by atoms with Gasteiger partial charge in [-0.25, -0.2) is 4.79 Å². The zero-order valence-corrected chi connectivity index (χ0v) is 19.7. The number of anilines is 1. The van der Waals surface area contributed by atoms with E-state index >= 15 is 0 Å². The van der Waals surface area contributed by atoms with Gasteiger partial charge in [0.1, 0.15) is 5.84 Å². The molecule has 0 saturated heterocycles. The van der Waals surface area contributed by atoms with Gasteiger partial charge in [-0.05, 0) is 59.2 Å². The number of carbonyl (C=O) groups is 3. The van der Waals surface area contributed by atoms with E-state index in [1.54, 1.807) is 48.5 Å². The van der Waals surface area contributed by atoms with Crippen molar-refractivity contribution in [2.24, 2.45) is 5.73 Å². The largest absolute Gasteiger partial charge is 0.478 e. The van der Waals surface area contributed by atoms with Crippen LogP contribution < -0.4 is 16.4 Å². The Morgan fingerprint density at radius 2 is 1.57 bits per heavy atom. The number of nitrogens with two attached hydrogens (primary N) is 1. The summed E-state index contributed by atoms with van der Waals surface area (Å²) in [7, 11) is 0. The first-order chi connectivity index (χ1) is 17.6. The second kappa shape index (κ2) is 11.8. The minimum Gasteiger partial charge on any atom is -0.478 e. The average Bonchev–Trinajstić information content (AvgIpc) is 2.90. The highest BCUT2D eigenvalue weighted by atomic mass is 16.4. The van der Waals surface area contributed by atoms with Gasteiger partial charge >= 0.3 is 5.97 Å². The topological polar surface area (TPSA) is 186 Å². The molecule has 2 amide bonds. The van der Waals surface area contributed by atoms with Crippen LogP contribution in [0.2, 0.25) is 0 Å². The molecule has 3 aromatic carbocycles. The summed E-state index contributed by atoms with van der Waals surface area (Å²) in [5.41, 5.74) is 7.59. The number of amidine groups is 1.